The van der Waals surface area contributed by atoms with E-state index in [1.54, 1.807) is 18.4 Å². The third-order valence-electron chi connectivity index (χ3n) is 5.63. The van der Waals surface area contributed by atoms with Gasteiger partial charge in [0.15, 0.2) is 0 Å². The first-order valence-corrected chi connectivity index (χ1v) is 11.1. The Morgan fingerprint density at radius 2 is 1.57 bits per heavy atom. The predicted octanol–water partition coefficient (Wildman–Crippen LogP) is 5.00. The van der Waals surface area contributed by atoms with Gasteiger partial charge >= 0.3 is 0 Å². The number of benzene rings is 2. The number of piperazine rings is 1. The Hall–Kier alpha value is -3.12. The molecule has 0 N–H and O–H groups in total. The van der Waals surface area contributed by atoms with E-state index in [9.17, 15) is 0 Å². The first kappa shape index (κ1) is 18.9. The fraction of sp³-hybridized carbons (Fsp3) is 0.250. The highest BCUT2D eigenvalue weighted by Gasteiger charge is 2.23. The normalized spacial score (nSPS) is 14.3. The molecular weight excluding hydrogens is 392 g/mol. The molecule has 2 aromatic carbocycles. The number of aryl methyl sites for hydroxylation is 1. The van der Waals surface area contributed by atoms with Gasteiger partial charge in [-0.3, -0.25) is 0 Å². The quantitative estimate of drug-likeness (QED) is 0.468. The van der Waals surface area contributed by atoms with Gasteiger partial charge in [0.05, 0.1) is 12.5 Å². The van der Waals surface area contributed by atoms with E-state index in [0.29, 0.717) is 0 Å². The Labute approximate surface area is 180 Å². The van der Waals surface area contributed by atoms with E-state index in [2.05, 4.69) is 57.6 Å². The van der Waals surface area contributed by atoms with Crippen molar-refractivity contribution in [1.82, 2.24) is 9.97 Å². The van der Waals surface area contributed by atoms with Gasteiger partial charge in [-0.25, -0.2) is 9.97 Å². The van der Waals surface area contributed by atoms with E-state index in [1.165, 1.54) is 16.8 Å². The summed E-state index contributed by atoms with van der Waals surface area (Å²) in [5, 5.41) is 3.36. The molecule has 2 aromatic heterocycles. The highest BCUT2D eigenvalue weighted by molar-refractivity contribution is 7.17. The maximum Gasteiger partial charge on any atom is 0.141 e. The summed E-state index contributed by atoms with van der Waals surface area (Å²) in [6.07, 6.45) is 0. The van der Waals surface area contributed by atoms with E-state index in [4.69, 9.17) is 14.7 Å². The van der Waals surface area contributed by atoms with Crippen LogP contribution in [-0.2, 0) is 0 Å². The summed E-state index contributed by atoms with van der Waals surface area (Å²) in [7, 11) is 1.69. The molecule has 0 aliphatic carbocycles. The molecule has 1 aliphatic rings. The molecule has 5 nitrogen and oxygen atoms in total. The van der Waals surface area contributed by atoms with Crippen molar-refractivity contribution < 1.29 is 4.74 Å². The van der Waals surface area contributed by atoms with Crippen LogP contribution in [0.5, 0.6) is 5.75 Å². The van der Waals surface area contributed by atoms with Crippen LogP contribution in [0.25, 0.3) is 21.3 Å². The molecule has 1 fully saturated rings. The molecule has 0 atom stereocenters. The van der Waals surface area contributed by atoms with E-state index in [1.807, 2.05) is 19.1 Å². The molecule has 0 spiro atoms. The van der Waals surface area contributed by atoms with Crippen molar-refractivity contribution in [2.45, 2.75) is 6.92 Å². The summed E-state index contributed by atoms with van der Waals surface area (Å²) in [4.78, 5) is 15.5. The largest absolute Gasteiger partial charge is 0.497 e. The Balaban J connectivity index is 1.49. The Kier molecular flexibility index (Phi) is 5.01. The highest BCUT2D eigenvalue weighted by atomic mass is 32.1. The van der Waals surface area contributed by atoms with Crippen molar-refractivity contribution in [3.8, 4) is 16.9 Å². The Morgan fingerprint density at radius 1 is 0.867 bits per heavy atom. The fourth-order valence-corrected chi connectivity index (χ4v) is 5.04. The summed E-state index contributed by atoms with van der Waals surface area (Å²) in [6, 6.07) is 18.9. The lowest BCUT2D eigenvalue weighted by molar-refractivity contribution is 0.415. The number of thiophene rings is 1. The first-order valence-electron chi connectivity index (χ1n) is 10.2. The standard InChI is InChI=1S/C24H24N4OS/c1-17-25-23(28-14-12-27(13-15-28)19-6-4-3-5-7-19)22-21(16-30-24(22)26-17)18-8-10-20(29-2)11-9-18/h3-11,16H,12-15H2,1-2H3. The number of methoxy groups -OCH3 is 1. The average Bonchev–Trinajstić information content (AvgIpc) is 3.23. The zero-order valence-electron chi connectivity index (χ0n) is 17.2. The van der Waals surface area contributed by atoms with Crippen molar-refractivity contribution in [3.05, 3.63) is 65.8 Å². The van der Waals surface area contributed by atoms with Crippen LogP contribution >= 0.6 is 11.3 Å². The van der Waals surface area contributed by atoms with Crippen LogP contribution in [0.3, 0.4) is 0 Å². The van der Waals surface area contributed by atoms with Gasteiger partial charge in [-0.1, -0.05) is 30.3 Å². The SMILES string of the molecule is COc1ccc(-c2csc3nc(C)nc(N4CCN(c5ccccc5)CC4)c23)cc1. The minimum Gasteiger partial charge on any atom is -0.497 e. The molecule has 0 saturated carbocycles. The van der Waals surface area contributed by atoms with Gasteiger partial charge in [0, 0.05) is 42.8 Å². The number of hydrogen-bond donors (Lipinski definition) is 0. The summed E-state index contributed by atoms with van der Waals surface area (Å²) in [5.74, 6) is 2.74. The summed E-state index contributed by atoms with van der Waals surface area (Å²) >= 11 is 1.69. The lowest BCUT2D eigenvalue weighted by atomic mass is 10.1. The van der Waals surface area contributed by atoms with Crippen LogP contribution in [0.15, 0.2) is 60.0 Å². The van der Waals surface area contributed by atoms with E-state index < -0.39 is 0 Å². The maximum atomic E-state index is 5.32. The minimum absolute atomic E-state index is 0.825. The van der Waals surface area contributed by atoms with E-state index in [0.717, 1.165) is 53.8 Å². The maximum absolute atomic E-state index is 5.32. The molecule has 0 amide bonds. The molecular formula is C24H24N4OS. The zero-order valence-corrected chi connectivity index (χ0v) is 18.0. The number of aromatic nitrogens is 2. The second kappa shape index (κ2) is 7.95. The molecule has 4 aromatic rings. The predicted molar refractivity (Wildman–Crippen MR) is 125 cm³/mol. The van der Waals surface area contributed by atoms with Crippen LogP contribution in [0, 0.1) is 6.92 Å². The van der Waals surface area contributed by atoms with Crippen molar-refractivity contribution in [3.63, 3.8) is 0 Å². The van der Waals surface area contributed by atoms with Crippen molar-refractivity contribution in [1.29, 1.82) is 0 Å². The number of nitrogens with zero attached hydrogens (tertiary/aromatic N) is 4. The van der Waals surface area contributed by atoms with Crippen molar-refractivity contribution in [2.24, 2.45) is 0 Å². The van der Waals surface area contributed by atoms with Gasteiger partial charge in [-0.05, 0) is 36.8 Å². The number of rotatable bonds is 4. The van der Waals surface area contributed by atoms with Gasteiger partial charge in [-0.15, -0.1) is 11.3 Å². The second-order valence-electron chi connectivity index (χ2n) is 7.46. The molecule has 1 aliphatic heterocycles. The van der Waals surface area contributed by atoms with Gasteiger partial charge in [0.25, 0.3) is 0 Å². The lowest BCUT2D eigenvalue weighted by Crippen LogP contribution is -2.47. The number of ether oxygens (including phenoxy) is 1. The van der Waals surface area contributed by atoms with Crippen molar-refractivity contribution >= 4 is 33.1 Å². The molecule has 152 valence electrons. The fourth-order valence-electron chi connectivity index (χ4n) is 4.05. The number of hydrogen-bond acceptors (Lipinski definition) is 6. The molecule has 0 bridgehead atoms. The topological polar surface area (TPSA) is 41.5 Å². The number of para-hydroxylation sites is 1. The van der Waals surface area contributed by atoms with Gasteiger partial charge in [0.1, 0.15) is 22.2 Å². The highest BCUT2D eigenvalue weighted by Crippen LogP contribution is 2.39. The van der Waals surface area contributed by atoms with Gasteiger partial charge in [-0.2, -0.15) is 0 Å². The lowest BCUT2D eigenvalue weighted by Gasteiger charge is -2.37. The number of anilines is 2. The van der Waals surface area contributed by atoms with Crippen LogP contribution in [0.4, 0.5) is 11.5 Å². The second-order valence-corrected chi connectivity index (χ2v) is 8.32. The molecule has 0 radical (unpaired) electrons. The van der Waals surface area contributed by atoms with Crippen LogP contribution < -0.4 is 14.5 Å². The van der Waals surface area contributed by atoms with Crippen LogP contribution in [0.1, 0.15) is 5.82 Å². The monoisotopic (exact) mass is 416 g/mol. The summed E-state index contributed by atoms with van der Waals surface area (Å²) in [5.41, 5.74) is 3.65. The summed E-state index contributed by atoms with van der Waals surface area (Å²) < 4.78 is 5.32. The zero-order chi connectivity index (χ0) is 20.5. The molecule has 0 unspecified atom stereocenters. The first-order chi connectivity index (χ1) is 14.7. The van der Waals surface area contributed by atoms with Crippen LogP contribution in [-0.4, -0.2) is 43.3 Å². The van der Waals surface area contributed by atoms with E-state index in [-0.39, 0.29) is 0 Å². The van der Waals surface area contributed by atoms with Crippen molar-refractivity contribution in [2.75, 3.05) is 43.1 Å². The summed E-state index contributed by atoms with van der Waals surface area (Å²) in [6.45, 7) is 5.83. The average molecular weight is 417 g/mol. The third kappa shape index (κ3) is 3.48. The molecule has 3 heterocycles. The minimum atomic E-state index is 0.825. The van der Waals surface area contributed by atoms with E-state index >= 15 is 0 Å². The van der Waals surface area contributed by atoms with Crippen LogP contribution in [0.2, 0.25) is 0 Å². The Morgan fingerprint density at radius 3 is 2.27 bits per heavy atom. The third-order valence-corrected chi connectivity index (χ3v) is 6.50. The van der Waals surface area contributed by atoms with Gasteiger partial charge in [0.2, 0.25) is 0 Å². The molecule has 1 saturated heterocycles. The Bertz CT molecular complexity index is 1150. The number of fused-ring (bicyclic) bond motifs is 1. The smallest absolute Gasteiger partial charge is 0.141 e. The molecule has 5 rings (SSSR count). The molecule has 6 heteroatoms. The molecule has 30 heavy (non-hydrogen) atoms. The van der Waals surface area contributed by atoms with Gasteiger partial charge < -0.3 is 14.5 Å².